The van der Waals surface area contributed by atoms with Crippen molar-refractivity contribution in [1.82, 2.24) is 4.90 Å². The third-order valence-corrected chi connectivity index (χ3v) is 6.04. The van der Waals surface area contributed by atoms with Crippen molar-refractivity contribution >= 4 is 27.3 Å². The summed E-state index contributed by atoms with van der Waals surface area (Å²) >= 11 is 0. The minimum absolute atomic E-state index is 0.0649. The Morgan fingerprint density at radius 3 is 2.46 bits per heavy atom. The molecule has 7 nitrogen and oxygen atoms in total. The summed E-state index contributed by atoms with van der Waals surface area (Å²) < 4.78 is 30.6. The average Bonchev–Trinajstić information content (AvgIpc) is 2.55. The van der Waals surface area contributed by atoms with Gasteiger partial charge in [-0.1, -0.05) is 0 Å². The van der Waals surface area contributed by atoms with E-state index in [1.54, 1.807) is 4.90 Å². The van der Waals surface area contributed by atoms with Crippen molar-refractivity contribution in [3.05, 3.63) is 24.3 Å². The predicted molar refractivity (Wildman–Crippen MR) is 98.6 cm³/mol. The number of amides is 2. The van der Waals surface area contributed by atoms with Gasteiger partial charge in [0.25, 0.3) is 0 Å². The second-order valence-electron chi connectivity index (χ2n) is 7.21. The number of morpholine rings is 1. The van der Waals surface area contributed by atoms with Crippen LogP contribution in [-0.4, -0.2) is 55.7 Å². The average molecular weight is 382 g/mol. The molecule has 1 unspecified atom stereocenters. The molecule has 1 saturated heterocycles. The lowest BCUT2D eigenvalue weighted by Gasteiger charge is -2.44. The highest BCUT2D eigenvalue weighted by Gasteiger charge is 2.36. The number of rotatable bonds is 5. The number of nitrogens with zero attached hydrogens (tertiary/aromatic N) is 1. The van der Waals surface area contributed by atoms with Crippen molar-refractivity contribution in [1.29, 1.82) is 0 Å². The second kappa shape index (κ2) is 7.75. The van der Waals surface area contributed by atoms with Crippen LogP contribution >= 0.6 is 0 Å². The molecule has 0 saturated carbocycles. The van der Waals surface area contributed by atoms with E-state index in [4.69, 9.17) is 4.74 Å². The molecule has 1 aromatic carbocycles. The van der Waals surface area contributed by atoms with Crippen LogP contribution in [0.25, 0.3) is 0 Å². The zero-order chi connectivity index (χ0) is 19.5. The summed E-state index contributed by atoms with van der Waals surface area (Å²) in [4.78, 5) is 25.4. The van der Waals surface area contributed by atoms with E-state index >= 15 is 0 Å². The zero-order valence-electron chi connectivity index (χ0n) is 15.6. The molecule has 1 fully saturated rings. The summed E-state index contributed by atoms with van der Waals surface area (Å²) in [7, 11) is -3.58. The lowest BCUT2D eigenvalue weighted by atomic mass is 10.0. The molecule has 0 aliphatic carbocycles. The number of nitrogens with one attached hydrogen (secondary N) is 1. The van der Waals surface area contributed by atoms with Crippen molar-refractivity contribution in [3.8, 4) is 0 Å². The van der Waals surface area contributed by atoms with Crippen molar-refractivity contribution in [2.75, 3.05) is 24.2 Å². The van der Waals surface area contributed by atoms with E-state index in [-0.39, 0.29) is 35.0 Å². The molecule has 144 valence electrons. The molecule has 8 heteroatoms. The molecule has 0 radical (unpaired) electrons. The lowest BCUT2D eigenvalue weighted by Crippen LogP contribution is -2.58. The van der Waals surface area contributed by atoms with Crippen LogP contribution in [0, 0.1) is 0 Å². The number of ether oxygens (including phenoxy) is 1. The van der Waals surface area contributed by atoms with E-state index in [0.29, 0.717) is 18.8 Å². The van der Waals surface area contributed by atoms with Gasteiger partial charge in [-0.25, -0.2) is 8.42 Å². The second-order valence-corrected chi connectivity index (χ2v) is 9.32. The molecule has 0 aromatic heterocycles. The summed E-state index contributed by atoms with van der Waals surface area (Å²) in [5.74, 6) is -0.676. The fraction of sp³-hybridized carbons (Fsp3) is 0.556. The third kappa shape index (κ3) is 5.04. The Kier molecular flexibility index (Phi) is 6.08. The molecular weight excluding hydrogens is 356 g/mol. The van der Waals surface area contributed by atoms with Crippen molar-refractivity contribution in [3.63, 3.8) is 0 Å². The highest BCUT2D eigenvalue weighted by Crippen LogP contribution is 2.23. The number of anilines is 1. The fourth-order valence-electron chi connectivity index (χ4n) is 2.84. The molecule has 0 spiro atoms. The van der Waals surface area contributed by atoms with Crippen LogP contribution < -0.4 is 5.32 Å². The van der Waals surface area contributed by atoms with Gasteiger partial charge in [-0.05, 0) is 45.0 Å². The van der Waals surface area contributed by atoms with Crippen LogP contribution in [0.4, 0.5) is 5.69 Å². The van der Waals surface area contributed by atoms with Gasteiger partial charge in [-0.2, -0.15) is 0 Å². The van der Waals surface area contributed by atoms with E-state index in [9.17, 15) is 18.0 Å². The van der Waals surface area contributed by atoms with Crippen molar-refractivity contribution in [2.24, 2.45) is 0 Å². The van der Waals surface area contributed by atoms with Gasteiger partial charge in [0, 0.05) is 25.6 Å². The molecule has 26 heavy (non-hydrogen) atoms. The first-order chi connectivity index (χ1) is 12.0. The van der Waals surface area contributed by atoms with E-state index in [2.05, 4.69) is 5.32 Å². The van der Waals surface area contributed by atoms with E-state index in [1.165, 1.54) is 31.2 Å². The maximum absolute atomic E-state index is 12.6. The first-order valence-corrected chi connectivity index (χ1v) is 10.2. The minimum Gasteiger partial charge on any atom is -0.374 e. The summed E-state index contributed by atoms with van der Waals surface area (Å²) in [5, 5.41) is 2.58. The number of hydrogen-bond acceptors (Lipinski definition) is 5. The van der Waals surface area contributed by atoms with Crippen LogP contribution in [-0.2, 0) is 24.2 Å². The Balaban J connectivity index is 2.03. The standard InChI is InChI=1S/C18H26N2O5S/c1-13-11-20(18(3,4)12-25-13)17(22)9-10-26(23,24)16-7-5-15(6-8-16)19-14(2)21/h5-8,13H,9-12H2,1-4H3,(H,19,21). The van der Waals surface area contributed by atoms with Crippen LogP contribution in [0.2, 0.25) is 0 Å². The largest absolute Gasteiger partial charge is 0.374 e. The molecule has 1 aromatic rings. The van der Waals surface area contributed by atoms with Gasteiger partial charge < -0.3 is 15.0 Å². The van der Waals surface area contributed by atoms with E-state index in [1.807, 2.05) is 20.8 Å². The highest BCUT2D eigenvalue weighted by atomic mass is 32.2. The number of carbonyl (C=O) groups excluding carboxylic acids is 2. The molecule has 1 aliphatic rings. The van der Waals surface area contributed by atoms with Crippen LogP contribution in [0.3, 0.4) is 0 Å². The van der Waals surface area contributed by atoms with Gasteiger partial charge >= 0.3 is 0 Å². The van der Waals surface area contributed by atoms with Gasteiger partial charge in [0.05, 0.1) is 28.9 Å². The van der Waals surface area contributed by atoms with Crippen LogP contribution in [0.5, 0.6) is 0 Å². The zero-order valence-corrected chi connectivity index (χ0v) is 16.4. The van der Waals surface area contributed by atoms with Crippen molar-refractivity contribution < 1.29 is 22.7 Å². The predicted octanol–water partition coefficient (Wildman–Crippen LogP) is 1.83. The van der Waals surface area contributed by atoms with Crippen LogP contribution in [0.1, 0.15) is 34.1 Å². The Labute approximate surface area is 154 Å². The molecule has 1 atom stereocenters. The molecule has 1 heterocycles. The quantitative estimate of drug-likeness (QED) is 0.839. The molecule has 1 N–H and O–H groups in total. The number of benzene rings is 1. The third-order valence-electron chi connectivity index (χ3n) is 4.31. The summed E-state index contributed by atoms with van der Waals surface area (Å²) in [6, 6.07) is 5.93. The highest BCUT2D eigenvalue weighted by molar-refractivity contribution is 7.91. The monoisotopic (exact) mass is 382 g/mol. The van der Waals surface area contributed by atoms with Gasteiger partial charge in [0.1, 0.15) is 0 Å². The summed E-state index contributed by atoms with van der Waals surface area (Å²) in [6.07, 6.45) is -0.142. The Morgan fingerprint density at radius 1 is 1.27 bits per heavy atom. The van der Waals surface area contributed by atoms with Crippen LogP contribution in [0.15, 0.2) is 29.2 Å². The molecule has 0 bridgehead atoms. The fourth-order valence-corrected chi connectivity index (χ4v) is 4.07. The topological polar surface area (TPSA) is 92.8 Å². The van der Waals surface area contributed by atoms with Gasteiger partial charge in [0.15, 0.2) is 9.84 Å². The van der Waals surface area contributed by atoms with Gasteiger partial charge in [-0.15, -0.1) is 0 Å². The van der Waals surface area contributed by atoms with Gasteiger partial charge in [-0.3, -0.25) is 9.59 Å². The maximum atomic E-state index is 12.6. The number of carbonyl (C=O) groups is 2. The van der Waals surface area contributed by atoms with Gasteiger partial charge in [0.2, 0.25) is 11.8 Å². The summed E-state index contributed by atoms with van der Waals surface area (Å²) in [6.45, 7) is 7.97. The lowest BCUT2D eigenvalue weighted by molar-refractivity contribution is -0.152. The minimum atomic E-state index is -3.58. The molecule has 2 rings (SSSR count). The normalized spacial score (nSPS) is 19.8. The number of hydrogen-bond donors (Lipinski definition) is 1. The Bertz CT molecular complexity index is 771. The maximum Gasteiger partial charge on any atom is 0.224 e. The molecule has 2 amide bonds. The Hall–Kier alpha value is -1.93. The first kappa shape index (κ1) is 20.4. The van der Waals surface area contributed by atoms with E-state index in [0.717, 1.165) is 0 Å². The SMILES string of the molecule is CC(=O)Nc1ccc(S(=O)(=O)CCC(=O)N2CC(C)OCC2(C)C)cc1. The molecular formula is C18H26N2O5S. The Morgan fingerprint density at radius 2 is 1.88 bits per heavy atom. The first-order valence-electron chi connectivity index (χ1n) is 8.54. The smallest absolute Gasteiger partial charge is 0.224 e. The van der Waals surface area contributed by atoms with Crippen molar-refractivity contribution in [2.45, 2.75) is 50.7 Å². The summed E-state index contributed by atoms with van der Waals surface area (Å²) in [5.41, 5.74) is 0.0736. The number of sulfone groups is 1. The van der Waals surface area contributed by atoms with E-state index < -0.39 is 15.4 Å². The molecule has 1 aliphatic heterocycles.